The second-order valence-electron chi connectivity index (χ2n) is 7.58. The Balaban J connectivity index is 1.39. The third kappa shape index (κ3) is 3.51. The molecule has 0 atom stereocenters. The van der Waals surface area contributed by atoms with Crippen LogP contribution in [0.2, 0.25) is 0 Å². The minimum absolute atomic E-state index is 0.0547. The molecule has 4 aromatic rings. The lowest BCUT2D eigenvalue weighted by Crippen LogP contribution is -2.36. The Morgan fingerprint density at radius 3 is 2.86 bits per heavy atom. The SMILES string of the molecule is CN(Cc1ccc2nonc2c1)Cc1c(C(=O)N2CCCCC2)nc2sccn12. The fourth-order valence-electron chi connectivity index (χ4n) is 3.95. The highest BCUT2D eigenvalue weighted by molar-refractivity contribution is 7.15. The van der Waals surface area contributed by atoms with Crippen LogP contribution in [0.15, 0.2) is 34.4 Å². The summed E-state index contributed by atoms with van der Waals surface area (Å²) < 4.78 is 6.83. The molecule has 0 spiro atoms. The van der Waals surface area contributed by atoms with Gasteiger partial charge < -0.3 is 4.90 Å². The Labute approximate surface area is 171 Å². The second kappa shape index (κ2) is 7.57. The largest absolute Gasteiger partial charge is 0.337 e. The smallest absolute Gasteiger partial charge is 0.274 e. The number of thiazole rings is 1. The number of hydrogen-bond donors (Lipinski definition) is 0. The predicted octanol–water partition coefficient (Wildman–Crippen LogP) is 3.19. The van der Waals surface area contributed by atoms with Crippen LogP contribution in [-0.4, -0.2) is 55.5 Å². The molecule has 0 unspecified atom stereocenters. The van der Waals surface area contributed by atoms with E-state index in [1.54, 1.807) is 11.3 Å². The van der Waals surface area contributed by atoms with Crippen molar-refractivity contribution in [3.05, 3.63) is 46.7 Å². The summed E-state index contributed by atoms with van der Waals surface area (Å²) in [5.74, 6) is 0.0547. The van der Waals surface area contributed by atoms with Gasteiger partial charge in [0.25, 0.3) is 5.91 Å². The van der Waals surface area contributed by atoms with E-state index in [2.05, 4.69) is 20.2 Å². The molecule has 5 rings (SSSR count). The fourth-order valence-corrected chi connectivity index (χ4v) is 4.68. The summed E-state index contributed by atoms with van der Waals surface area (Å²) in [5, 5.41) is 9.78. The maximum Gasteiger partial charge on any atom is 0.274 e. The van der Waals surface area contributed by atoms with Gasteiger partial charge in [-0.2, -0.15) is 0 Å². The predicted molar refractivity (Wildman–Crippen MR) is 110 cm³/mol. The number of fused-ring (bicyclic) bond motifs is 2. The third-order valence-corrected chi connectivity index (χ3v) is 6.15. The number of rotatable bonds is 5. The summed E-state index contributed by atoms with van der Waals surface area (Å²) in [4.78, 5) is 22.8. The van der Waals surface area contributed by atoms with E-state index >= 15 is 0 Å². The first kappa shape index (κ1) is 18.3. The van der Waals surface area contributed by atoms with Crippen LogP contribution in [0.5, 0.6) is 0 Å². The van der Waals surface area contributed by atoms with Crippen molar-refractivity contribution in [3.8, 4) is 0 Å². The number of carbonyl (C=O) groups is 1. The first-order valence-corrected chi connectivity index (χ1v) is 10.7. The first-order valence-electron chi connectivity index (χ1n) is 9.82. The van der Waals surface area contributed by atoms with Crippen molar-refractivity contribution < 1.29 is 9.42 Å². The van der Waals surface area contributed by atoms with E-state index in [1.165, 1.54) is 6.42 Å². The summed E-state index contributed by atoms with van der Waals surface area (Å²) in [6.07, 6.45) is 5.34. The molecule has 0 aliphatic carbocycles. The van der Waals surface area contributed by atoms with Gasteiger partial charge in [-0.15, -0.1) is 11.3 Å². The summed E-state index contributed by atoms with van der Waals surface area (Å²) in [6, 6.07) is 5.92. The lowest BCUT2D eigenvalue weighted by atomic mass is 10.1. The number of nitrogens with zero attached hydrogens (tertiary/aromatic N) is 6. The van der Waals surface area contributed by atoms with E-state index in [0.29, 0.717) is 12.2 Å². The Bertz CT molecular complexity index is 1160. The summed E-state index contributed by atoms with van der Waals surface area (Å²) in [6.45, 7) is 3.00. The van der Waals surface area contributed by atoms with Gasteiger partial charge in [0, 0.05) is 37.8 Å². The maximum absolute atomic E-state index is 13.2. The molecule has 0 radical (unpaired) electrons. The number of piperidine rings is 1. The zero-order valence-corrected chi connectivity index (χ0v) is 17.1. The Morgan fingerprint density at radius 1 is 1.17 bits per heavy atom. The van der Waals surface area contributed by atoms with Crippen molar-refractivity contribution in [2.75, 3.05) is 20.1 Å². The van der Waals surface area contributed by atoms with Crippen LogP contribution in [0.4, 0.5) is 0 Å². The summed E-state index contributed by atoms with van der Waals surface area (Å²) in [5.41, 5.74) is 4.15. The Morgan fingerprint density at radius 2 is 2.00 bits per heavy atom. The molecule has 29 heavy (non-hydrogen) atoms. The van der Waals surface area contributed by atoms with Gasteiger partial charge in [0.2, 0.25) is 0 Å². The Hall–Kier alpha value is -2.78. The van der Waals surface area contributed by atoms with E-state index in [1.807, 2.05) is 46.1 Å². The van der Waals surface area contributed by atoms with Crippen molar-refractivity contribution in [1.29, 1.82) is 0 Å². The molecular weight excluding hydrogens is 388 g/mol. The molecule has 1 aromatic carbocycles. The maximum atomic E-state index is 13.2. The van der Waals surface area contributed by atoms with E-state index in [-0.39, 0.29) is 5.91 Å². The van der Waals surface area contributed by atoms with Gasteiger partial charge in [0.05, 0.1) is 5.69 Å². The molecule has 1 aliphatic heterocycles. The standard InChI is InChI=1S/C20H22N6O2S/c1-24(12-14-5-6-15-16(11-14)23-28-22-15)13-17-18(21-20-26(17)9-10-29-20)19(27)25-7-3-2-4-8-25/h5-6,9-11H,2-4,7-8,12-13H2,1H3. The van der Waals surface area contributed by atoms with Gasteiger partial charge in [-0.3, -0.25) is 14.1 Å². The zero-order valence-electron chi connectivity index (χ0n) is 16.2. The van der Waals surface area contributed by atoms with Crippen molar-refractivity contribution in [1.82, 2.24) is 29.5 Å². The highest BCUT2D eigenvalue weighted by Gasteiger charge is 2.26. The van der Waals surface area contributed by atoms with Gasteiger partial charge in [-0.25, -0.2) is 9.61 Å². The minimum atomic E-state index is 0.0547. The molecule has 3 aromatic heterocycles. The van der Waals surface area contributed by atoms with E-state index in [9.17, 15) is 4.79 Å². The lowest BCUT2D eigenvalue weighted by molar-refractivity contribution is 0.0716. The number of imidazole rings is 1. The number of carbonyl (C=O) groups excluding carboxylic acids is 1. The average molecular weight is 411 g/mol. The monoisotopic (exact) mass is 410 g/mol. The van der Waals surface area contributed by atoms with Crippen LogP contribution < -0.4 is 0 Å². The number of amides is 1. The number of aromatic nitrogens is 4. The van der Waals surface area contributed by atoms with Gasteiger partial charge in [0.1, 0.15) is 11.0 Å². The number of hydrogen-bond acceptors (Lipinski definition) is 7. The molecule has 1 amide bonds. The average Bonchev–Trinajstić information content (AvgIpc) is 3.45. The van der Waals surface area contributed by atoms with Crippen molar-refractivity contribution in [2.24, 2.45) is 0 Å². The van der Waals surface area contributed by atoms with Gasteiger partial charge in [-0.1, -0.05) is 6.07 Å². The molecule has 8 nitrogen and oxygen atoms in total. The molecule has 1 aliphatic rings. The van der Waals surface area contributed by atoms with Crippen LogP contribution in [0.25, 0.3) is 16.0 Å². The lowest BCUT2D eigenvalue weighted by Gasteiger charge is -2.26. The highest BCUT2D eigenvalue weighted by Crippen LogP contribution is 2.23. The van der Waals surface area contributed by atoms with Gasteiger partial charge in [-0.05, 0) is 54.3 Å². The Kier molecular flexibility index (Phi) is 4.76. The van der Waals surface area contributed by atoms with Crippen LogP contribution >= 0.6 is 11.3 Å². The molecule has 150 valence electrons. The van der Waals surface area contributed by atoms with Crippen LogP contribution in [0, 0.1) is 0 Å². The van der Waals surface area contributed by atoms with Gasteiger partial charge in [0.15, 0.2) is 10.7 Å². The van der Waals surface area contributed by atoms with Crippen molar-refractivity contribution in [2.45, 2.75) is 32.4 Å². The molecule has 4 heterocycles. The quantitative estimate of drug-likeness (QED) is 0.503. The van der Waals surface area contributed by atoms with E-state index < -0.39 is 0 Å². The molecule has 0 saturated carbocycles. The summed E-state index contributed by atoms with van der Waals surface area (Å²) >= 11 is 1.56. The van der Waals surface area contributed by atoms with Crippen LogP contribution in [0.3, 0.4) is 0 Å². The third-order valence-electron chi connectivity index (χ3n) is 5.40. The van der Waals surface area contributed by atoms with E-state index in [0.717, 1.165) is 59.7 Å². The van der Waals surface area contributed by atoms with Crippen molar-refractivity contribution in [3.63, 3.8) is 0 Å². The fraction of sp³-hybridized carbons (Fsp3) is 0.400. The normalized spacial score (nSPS) is 15.0. The van der Waals surface area contributed by atoms with Crippen molar-refractivity contribution >= 4 is 33.2 Å². The number of benzene rings is 1. The second-order valence-corrected chi connectivity index (χ2v) is 8.45. The first-order chi connectivity index (χ1) is 14.2. The molecule has 1 saturated heterocycles. The van der Waals surface area contributed by atoms with E-state index in [4.69, 9.17) is 4.63 Å². The van der Waals surface area contributed by atoms with Crippen LogP contribution in [-0.2, 0) is 13.1 Å². The molecule has 0 bridgehead atoms. The molecule has 1 fully saturated rings. The van der Waals surface area contributed by atoms with Gasteiger partial charge >= 0.3 is 0 Å². The molecular formula is C20H22N6O2S. The van der Waals surface area contributed by atoms with Crippen LogP contribution in [0.1, 0.15) is 41.0 Å². The topological polar surface area (TPSA) is 79.8 Å². The zero-order chi connectivity index (χ0) is 19.8. The highest BCUT2D eigenvalue weighted by atomic mass is 32.1. The number of likely N-dealkylation sites (tertiary alicyclic amines) is 1. The molecule has 0 N–H and O–H groups in total. The minimum Gasteiger partial charge on any atom is -0.337 e. The molecule has 9 heteroatoms. The summed E-state index contributed by atoms with van der Waals surface area (Å²) in [7, 11) is 2.05.